The van der Waals surface area contributed by atoms with Gasteiger partial charge in [0.2, 0.25) is 5.95 Å². The van der Waals surface area contributed by atoms with Crippen molar-refractivity contribution < 1.29 is 23.7 Å². The number of pyridine rings is 1. The van der Waals surface area contributed by atoms with Crippen molar-refractivity contribution in [1.82, 2.24) is 25.1 Å². The number of nitrogens with zero attached hydrogens (tertiary/aromatic N) is 6. The second kappa shape index (κ2) is 12.0. The van der Waals surface area contributed by atoms with Crippen LogP contribution in [0, 0.1) is 0 Å². The van der Waals surface area contributed by atoms with Gasteiger partial charge >= 0.3 is 7.12 Å². The third-order valence-corrected chi connectivity index (χ3v) is 7.13. The van der Waals surface area contributed by atoms with E-state index in [1.807, 2.05) is 68.1 Å². The molecule has 3 N–H and O–H groups in total. The lowest BCUT2D eigenvalue weighted by molar-refractivity contribution is 0.0834. The van der Waals surface area contributed by atoms with E-state index in [4.69, 9.17) is 28.5 Å². The highest BCUT2D eigenvalue weighted by Crippen LogP contribution is 2.32. The topological polar surface area (TPSA) is 153 Å². The number of aromatic nitrogens is 5. The third-order valence-electron chi connectivity index (χ3n) is 7.13. The van der Waals surface area contributed by atoms with Gasteiger partial charge in [-0.05, 0) is 37.6 Å². The maximum absolute atomic E-state index is 10.3. The molecular weight excluding hydrogens is 539 g/mol. The summed E-state index contributed by atoms with van der Waals surface area (Å²) in [5, 5.41) is 21.0. The molecule has 3 aromatic heterocycles. The van der Waals surface area contributed by atoms with Crippen molar-refractivity contribution in [1.29, 1.82) is 0 Å². The Morgan fingerprint density at radius 3 is 2.67 bits per heavy atom. The zero-order valence-electron chi connectivity index (χ0n) is 23.8. The van der Waals surface area contributed by atoms with Crippen molar-refractivity contribution in [2.75, 3.05) is 55.1 Å². The fraction of sp³-hybridized carbons (Fsp3) is 0.393. The number of hydrogen-bond donors (Lipinski definition) is 3. The molecule has 4 aromatic rings. The maximum Gasteiger partial charge on any atom is 0.496 e. The van der Waals surface area contributed by atoms with Gasteiger partial charge in [-0.3, -0.25) is 0 Å². The average molecular weight is 572 g/mol. The Kier molecular flexibility index (Phi) is 8.02. The number of aliphatic hydroxyl groups is 1. The summed E-state index contributed by atoms with van der Waals surface area (Å²) >= 11 is 0. The van der Waals surface area contributed by atoms with Crippen LogP contribution in [0.5, 0.6) is 0 Å². The first-order valence-corrected chi connectivity index (χ1v) is 14.0. The van der Waals surface area contributed by atoms with Crippen LogP contribution in [0.2, 0.25) is 0 Å². The first-order valence-electron chi connectivity index (χ1n) is 14.0. The largest absolute Gasteiger partial charge is 0.496 e. The molecule has 6 rings (SSSR count). The summed E-state index contributed by atoms with van der Waals surface area (Å²) in [6, 6.07) is 13.0. The summed E-state index contributed by atoms with van der Waals surface area (Å²) in [5.74, 6) is 1.99. The summed E-state index contributed by atoms with van der Waals surface area (Å²) in [6.07, 6.45) is 1.61. The minimum Gasteiger partial charge on any atom is -0.408 e. The Morgan fingerprint density at radius 2 is 1.90 bits per heavy atom. The molecule has 1 atom stereocenters. The monoisotopic (exact) mass is 572 g/mol. The molecule has 14 heteroatoms. The number of aliphatic hydroxyl groups excluding tert-OH is 1. The third kappa shape index (κ3) is 5.79. The standard InChI is InChI=1S/C28H33BN8O5/c1-4-40-29-20-10-11-22(32-23(20)28(2,3)42-29)33-26-30-16-19(25-35-27(36-41-25)37-12-14-39-15-13-37)24(34-26)31-21(17-38)18-8-6-5-7-9-18/h5-11,16,21,38H,4,12-15,17H2,1-3H3,(H2,30,31,32,33,34)/t21-/m1/s1. The minimum atomic E-state index is -0.621. The Labute approximate surface area is 243 Å². The highest BCUT2D eigenvalue weighted by atomic mass is 16.6. The molecule has 0 unspecified atom stereocenters. The summed E-state index contributed by atoms with van der Waals surface area (Å²) in [7, 11) is -0.460. The normalized spacial score (nSPS) is 16.8. The van der Waals surface area contributed by atoms with Gasteiger partial charge in [0.25, 0.3) is 11.8 Å². The number of ether oxygens (including phenoxy) is 1. The fourth-order valence-electron chi connectivity index (χ4n) is 5.00. The van der Waals surface area contributed by atoms with Gasteiger partial charge in [0.05, 0.1) is 37.2 Å². The van der Waals surface area contributed by atoms with Gasteiger partial charge in [-0.25, -0.2) is 9.97 Å². The molecule has 1 saturated heterocycles. The molecule has 1 aromatic carbocycles. The fourth-order valence-corrected chi connectivity index (χ4v) is 5.00. The van der Waals surface area contributed by atoms with Crippen molar-refractivity contribution in [2.45, 2.75) is 32.4 Å². The van der Waals surface area contributed by atoms with Crippen LogP contribution in [0.25, 0.3) is 11.5 Å². The smallest absolute Gasteiger partial charge is 0.408 e. The van der Waals surface area contributed by atoms with E-state index < -0.39 is 18.8 Å². The van der Waals surface area contributed by atoms with E-state index >= 15 is 0 Å². The lowest BCUT2D eigenvalue weighted by Crippen LogP contribution is -2.36. The molecule has 0 aliphatic carbocycles. The zero-order valence-corrected chi connectivity index (χ0v) is 23.8. The van der Waals surface area contributed by atoms with E-state index in [1.54, 1.807) is 6.20 Å². The number of anilines is 4. The lowest BCUT2D eigenvalue weighted by atomic mass is 9.80. The summed E-state index contributed by atoms with van der Waals surface area (Å²) < 4.78 is 22.9. The minimum absolute atomic E-state index is 0.165. The van der Waals surface area contributed by atoms with E-state index in [-0.39, 0.29) is 12.5 Å². The molecule has 218 valence electrons. The Hall–Kier alpha value is -4.11. The van der Waals surface area contributed by atoms with Crippen molar-refractivity contribution in [2.24, 2.45) is 0 Å². The number of morpholine rings is 1. The van der Waals surface area contributed by atoms with E-state index in [9.17, 15) is 5.11 Å². The SMILES string of the molecule is CCOB1OC(C)(C)c2nc(Nc3ncc(-c4nc(N5CCOCC5)no4)c(N[C@H](CO)c4ccccc4)n3)ccc21. The summed E-state index contributed by atoms with van der Waals surface area (Å²) in [4.78, 5) is 20.7. The number of benzene rings is 1. The molecule has 2 aliphatic heterocycles. The lowest BCUT2D eigenvalue weighted by Gasteiger charge is -2.24. The molecule has 0 bridgehead atoms. The van der Waals surface area contributed by atoms with Gasteiger partial charge in [0.1, 0.15) is 17.2 Å². The van der Waals surface area contributed by atoms with Crippen LogP contribution in [0.15, 0.2) is 53.2 Å². The molecule has 0 amide bonds. The van der Waals surface area contributed by atoms with Gasteiger partial charge in [0, 0.05) is 31.4 Å². The highest BCUT2D eigenvalue weighted by Gasteiger charge is 2.44. The van der Waals surface area contributed by atoms with Crippen molar-refractivity contribution in [3.05, 3.63) is 59.9 Å². The first kappa shape index (κ1) is 28.0. The number of nitrogens with one attached hydrogen (secondary N) is 2. The number of hydrogen-bond acceptors (Lipinski definition) is 13. The van der Waals surface area contributed by atoms with E-state index in [1.165, 1.54) is 0 Å². The number of fused-ring (bicyclic) bond motifs is 1. The van der Waals surface area contributed by atoms with Crippen LogP contribution in [0.3, 0.4) is 0 Å². The Balaban J connectivity index is 1.32. The maximum atomic E-state index is 10.3. The average Bonchev–Trinajstić information content (AvgIpc) is 3.60. The molecule has 0 spiro atoms. The molecule has 13 nitrogen and oxygen atoms in total. The summed E-state index contributed by atoms with van der Waals surface area (Å²) in [5.41, 5.74) is 2.45. The van der Waals surface area contributed by atoms with Crippen LogP contribution in [0.1, 0.15) is 38.1 Å². The molecule has 42 heavy (non-hydrogen) atoms. The first-order chi connectivity index (χ1) is 20.4. The van der Waals surface area contributed by atoms with Crippen LogP contribution in [-0.2, 0) is 19.6 Å². The van der Waals surface area contributed by atoms with Gasteiger partial charge in [-0.15, -0.1) is 0 Å². The molecule has 0 radical (unpaired) electrons. The van der Waals surface area contributed by atoms with Gasteiger partial charge in [0.15, 0.2) is 0 Å². The van der Waals surface area contributed by atoms with Gasteiger partial charge < -0.3 is 39.2 Å². The second-order valence-electron chi connectivity index (χ2n) is 10.4. The quantitative estimate of drug-likeness (QED) is 0.239. The van der Waals surface area contributed by atoms with Gasteiger partial charge in [-0.2, -0.15) is 9.97 Å². The molecule has 5 heterocycles. The second-order valence-corrected chi connectivity index (χ2v) is 10.4. The Morgan fingerprint density at radius 1 is 1.10 bits per heavy atom. The van der Waals surface area contributed by atoms with E-state index in [2.05, 4.69) is 25.8 Å². The van der Waals surface area contributed by atoms with Gasteiger partial charge in [-0.1, -0.05) is 36.4 Å². The van der Waals surface area contributed by atoms with E-state index in [0.29, 0.717) is 62.0 Å². The van der Waals surface area contributed by atoms with Crippen molar-refractivity contribution >= 4 is 36.1 Å². The number of rotatable bonds is 10. The molecule has 0 saturated carbocycles. The predicted octanol–water partition coefficient (Wildman–Crippen LogP) is 2.64. The van der Waals surface area contributed by atoms with Crippen LogP contribution in [0.4, 0.5) is 23.5 Å². The van der Waals surface area contributed by atoms with Crippen molar-refractivity contribution in [3.63, 3.8) is 0 Å². The van der Waals surface area contributed by atoms with Crippen LogP contribution in [-0.4, -0.2) is 76.8 Å². The summed E-state index contributed by atoms with van der Waals surface area (Å²) in [6.45, 7) is 8.76. The van der Waals surface area contributed by atoms with Crippen molar-refractivity contribution in [3.8, 4) is 11.5 Å². The Bertz CT molecular complexity index is 1520. The zero-order chi connectivity index (χ0) is 29.1. The van der Waals surface area contributed by atoms with Crippen LogP contribution >= 0.6 is 0 Å². The van der Waals surface area contributed by atoms with E-state index in [0.717, 1.165) is 16.7 Å². The molecular formula is C28H33BN8O5. The molecule has 2 aliphatic rings. The highest BCUT2D eigenvalue weighted by molar-refractivity contribution is 6.63. The predicted molar refractivity (Wildman–Crippen MR) is 157 cm³/mol. The molecule has 1 fully saturated rings. The van der Waals surface area contributed by atoms with Crippen LogP contribution < -0.4 is 21.0 Å².